The number of allylic oxidation sites excluding steroid dienone is 4. The highest BCUT2D eigenvalue weighted by Crippen LogP contribution is 2.45. The molecule has 4 atom stereocenters. The van der Waals surface area contributed by atoms with Crippen LogP contribution in [0.25, 0.3) is 0 Å². The van der Waals surface area contributed by atoms with Crippen molar-refractivity contribution in [2.75, 3.05) is 6.73 Å². The van der Waals surface area contributed by atoms with Gasteiger partial charge in [0.15, 0.2) is 0 Å². The number of aliphatic hydroxyl groups excluding tert-OH is 1. The maximum absolute atomic E-state index is 9.56. The molecule has 0 spiro atoms. The van der Waals surface area contributed by atoms with Crippen molar-refractivity contribution in [1.29, 1.82) is 0 Å². The molecular formula is C25H47NO2. The molecule has 2 N–H and O–H groups in total. The first-order chi connectivity index (χ1) is 13.0. The largest absolute Gasteiger partial charge is 0.393 e. The standard InChI is InChI=1S/C25H47NO2/c1-11-20(6)16-21(7)14-15-24(10,12-2)25(13-3,19(4)5)26-18-28-23(9)17-22(8)27/h11-12,16,19,22-23,26-27H,2,13-15,17-18H2,1,3-10H3/b20-11-,21-16+. The fourth-order valence-corrected chi connectivity index (χ4v) is 4.37. The van der Waals surface area contributed by atoms with Crippen molar-refractivity contribution < 1.29 is 9.84 Å². The molecule has 0 saturated heterocycles. The summed E-state index contributed by atoms with van der Waals surface area (Å²) in [5, 5.41) is 13.3. The Hall–Kier alpha value is -0.900. The average molecular weight is 394 g/mol. The molecule has 28 heavy (non-hydrogen) atoms. The van der Waals surface area contributed by atoms with Gasteiger partial charge in [-0.1, -0.05) is 57.1 Å². The lowest BCUT2D eigenvalue weighted by Gasteiger charge is -2.51. The van der Waals surface area contributed by atoms with Crippen LogP contribution in [-0.4, -0.2) is 29.6 Å². The van der Waals surface area contributed by atoms with E-state index in [1.807, 2.05) is 6.92 Å². The molecule has 0 aliphatic rings. The molecule has 0 aromatic carbocycles. The number of nitrogens with one attached hydrogen (secondary N) is 1. The highest BCUT2D eigenvalue weighted by Gasteiger charge is 2.46. The van der Waals surface area contributed by atoms with Crippen molar-refractivity contribution in [2.24, 2.45) is 11.3 Å². The quantitative estimate of drug-likeness (QED) is 0.204. The molecule has 0 saturated carbocycles. The fourth-order valence-electron chi connectivity index (χ4n) is 4.37. The molecule has 0 aliphatic heterocycles. The lowest BCUT2D eigenvalue weighted by molar-refractivity contribution is -0.0210. The van der Waals surface area contributed by atoms with E-state index in [0.717, 1.165) is 19.3 Å². The van der Waals surface area contributed by atoms with E-state index in [2.05, 4.69) is 78.6 Å². The first-order valence-electron chi connectivity index (χ1n) is 11.0. The summed E-state index contributed by atoms with van der Waals surface area (Å²) in [7, 11) is 0. The van der Waals surface area contributed by atoms with Gasteiger partial charge in [-0.05, 0) is 66.2 Å². The van der Waals surface area contributed by atoms with Crippen molar-refractivity contribution in [2.45, 2.75) is 106 Å². The SMILES string of the molecule is C=CC(C)(CC/C(C)=C/C(C)=C\C)C(CC)(NCOC(C)CC(C)O)C(C)C. The molecule has 0 aliphatic carbocycles. The van der Waals surface area contributed by atoms with Crippen molar-refractivity contribution in [1.82, 2.24) is 5.32 Å². The molecule has 0 fully saturated rings. The molecule has 0 aromatic heterocycles. The second-order valence-corrected chi connectivity index (χ2v) is 9.01. The van der Waals surface area contributed by atoms with Gasteiger partial charge in [0.2, 0.25) is 0 Å². The number of rotatable bonds is 14. The molecule has 164 valence electrons. The van der Waals surface area contributed by atoms with Crippen LogP contribution in [0, 0.1) is 11.3 Å². The van der Waals surface area contributed by atoms with E-state index in [4.69, 9.17) is 4.74 Å². The van der Waals surface area contributed by atoms with Gasteiger partial charge >= 0.3 is 0 Å². The third kappa shape index (κ3) is 7.85. The Balaban J connectivity index is 5.38. The van der Waals surface area contributed by atoms with Crippen LogP contribution in [-0.2, 0) is 4.74 Å². The zero-order chi connectivity index (χ0) is 22.0. The van der Waals surface area contributed by atoms with Crippen molar-refractivity contribution in [3.63, 3.8) is 0 Å². The predicted molar refractivity (Wildman–Crippen MR) is 123 cm³/mol. The summed E-state index contributed by atoms with van der Waals surface area (Å²) in [5.41, 5.74) is 2.54. The topological polar surface area (TPSA) is 41.5 Å². The lowest BCUT2D eigenvalue weighted by Crippen LogP contribution is -2.60. The second kappa shape index (κ2) is 12.6. The van der Waals surface area contributed by atoms with Crippen LogP contribution in [0.1, 0.15) is 88.0 Å². The fraction of sp³-hybridized carbons (Fsp3) is 0.760. The van der Waals surface area contributed by atoms with Crippen LogP contribution in [0.5, 0.6) is 0 Å². The van der Waals surface area contributed by atoms with E-state index >= 15 is 0 Å². The van der Waals surface area contributed by atoms with Crippen LogP contribution >= 0.6 is 0 Å². The minimum absolute atomic E-state index is 0.0261. The minimum atomic E-state index is -0.343. The van der Waals surface area contributed by atoms with E-state index in [9.17, 15) is 5.11 Å². The molecule has 4 unspecified atom stereocenters. The third-order valence-electron chi connectivity index (χ3n) is 6.41. The summed E-state index contributed by atoms with van der Waals surface area (Å²) in [6.07, 6.45) is 9.98. The van der Waals surface area contributed by atoms with E-state index in [-0.39, 0.29) is 23.2 Å². The normalized spacial score (nSPS) is 19.8. The molecule has 3 nitrogen and oxygen atoms in total. The number of ether oxygens (including phenoxy) is 1. The monoisotopic (exact) mass is 393 g/mol. The predicted octanol–water partition coefficient (Wildman–Crippen LogP) is 6.40. The van der Waals surface area contributed by atoms with Crippen molar-refractivity contribution in [3.05, 3.63) is 36.0 Å². The molecular weight excluding hydrogens is 346 g/mol. The molecule has 0 amide bonds. The summed E-state index contributed by atoms with van der Waals surface area (Å²) in [6.45, 7) is 24.1. The van der Waals surface area contributed by atoms with Gasteiger partial charge in [-0.3, -0.25) is 5.32 Å². The minimum Gasteiger partial charge on any atom is -0.393 e. The van der Waals surface area contributed by atoms with Gasteiger partial charge in [-0.25, -0.2) is 0 Å². The van der Waals surface area contributed by atoms with E-state index in [1.165, 1.54) is 11.1 Å². The van der Waals surface area contributed by atoms with Gasteiger partial charge in [0, 0.05) is 11.0 Å². The van der Waals surface area contributed by atoms with Gasteiger partial charge in [-0.2, -0.15) is 0 Å². The van der Waals surface area contributed by atoms with Crippen LogP contribution < -0.4 is 5.32 Å². The smallest absolute Gasteiger partial charge is 0.0973 e. The van der Waals surface area contributed by atoms with E-state index < -0.39 is 0 Å². The molecule has 0 aromatic rings. The van der Waals surface area contributed by atoms with E-state index in [1.54, 1.807) is 6.92 Å². The van der Waals surface area contributed by atoms with Crippen LogP contribution in [0.4, 0.5) is 0 Å². The summed E-state index contributed by atoms with van der Waals surface area (Å²) in [6, 6.07) is 0. The number of hydrogen-bond acceptors (Lipinski definition) is 3. The molecule has 0 bridgehead atoms. The maximum atomic E-state index is 9.56. The Morgan fingerprint density at radius 3 is 2.25 bits per heavy atom. The molecule has 3 heteroatoms. The van der Waals surface area contributed by atoms with Gasteiger partial charge in [0.1, 0.15) is 0 Å². The van der Waals surface area contributed by atoms with Gasteiger partial charge in [0.25, 0.3) is 0 Å². The van der Waals surface area contributed by atoms with Gasteiger partial charge in [0.05, 0.1) is 18.9 Å². The zero-order valence-corrected chi connectivity index (χ0v) is 20.1. The van der Waals surface area contributed by atoms with Crippen LogP contribution in [0.15, 0.2) is 36.0 Å². The Morgan fingerprint density at radius 1 is 1.21 bits per heavy atom. The Morgan fingerprint density at radius 2 is 1.82 bits per heavy atom. The maximum Gasteiger partial charge on any atom is 0.0973 e. The summed E-state index contributed by atoms with van der Waals surface area (Å²) < 4.78 is 5.97. The lowest BCUT2D eigenvalue weighted by atomic mass is 9.61. The molecule has 0 rings (SSSR count). The third-order valence-corrected chi connectivity index (χ3v) is 6.41. The second-order valence-electron chi connectivity index (χ2n) is 9.01. The molecule has 0 heterocycles. The van der Waals surface area contributed by atoms with E-state index in [0.29, 0.717) is 19.1 Å². The van der Waals surface area contributed by atoms with Crippen LogP contribution in [0.3, 0.4) is 0 Å². The first-order valence-corrected chi connectivity index (χ1v) is 11.0. The van der Waals surface area contributed by atoms with Gasteiger partial charge in [-0.15, -0.1) is 6.58 Å². The van der Waals surface area contributed by atoms with Crippen LogP contribution in [0.2, 0.25) is 0 Å². The Labute approximate surface area is 175 Å². The number of aliphatic hydroxyl groups is 1. The highest BCUT2D eigenvalue weighted by atomic mass is 16.5. The average Bonchev–Trinajstić information content (AvgIpc) is 2.62. The summed E-state index contributed by atoms with van der Waals surface area (Å²) in [4.78, 5) is 0. The highest BCUT2D eigenvalue weighted by molar-refractivity contribution is 5.21. The van der Waals surface area contributed by atoms with Gasteiger partial charge < -0.3 is 9.84 Å². The first kappa shape index (κ1) is 27.1. The Kier molecular flexibility index (Phi) is 12.2. The number of hydrogen-bond donors (Lipinski definition) is 2. The molecule has 0 radical (unpaired) electrons. The Bertz CT molecular complexity index is 521. The summed E-state index contributed by atoms with van der Waals surface area (Å²) >= 11 is 0. The van der Waals surface area contributed by atoms with Crippen molar-refractivity contribution >= 4 is 0 Å². The zero-order valence-electron chi connectivity index (χ0n) is 20.1. The summed E-state index contributed by atoms with van der Waals surface area (Å²) in [5.74, 6) is 0.428. The van der Waals surface area contributed by atoms with Crippen molar-refractivity contribution in [3.8, 4) is 0 Å².